The molecule has 0 radical (unpaired) electrons. The van der Waals surface area contributed by atoms with Crippen LogP contribution in [0.5, 0.6) is 0 Å². The Labute approximate surface area is 166 Å². The van der Waals surface area contributed by atoms with Gasteiger partial charge in [-0.15, -0.1) is 0 Å². The number of carbonyl (C=O) groups excluding carboxylic acids is 2. The van der Waals surface area contributed by atoms with E-state index in [9.17, 15) is 19.8 Å². The molecular weight excluding hydrogens is 360 g/mol. The molecule has 0 amide bonds. The fourth-order valence-electron chi connectivity index (χ4n) is 7.19. The molecule has 0 aromatic rings. The van der Waals surface area contributed by atoms with Crippen molar-refractivity contribution < 1.29 is 29.3 Å². The van der Waals surface area contributed by atoms with Crippen molar-refractivity contribution in [2.45, 2.75) is 90.6 Å². The summed E-state index contributed by atoms with van der Waals surface area (Å²) in [6, 6.07) is 0. The van der Waals surface area contributed by atoms with Gasteiger partial charge in [0.2, 0.25) is 0 Å². The van der Waals surface area contributed by atoms with Crippen molar-refractivity contribution in [2.75, 3.05) is 0 Å². The van der Waals surface area contributed by atoms with Crippen LogP contribution in [0.1, 0.15) is 66.7 Å². The highest BCUT2D eigenvalue weighted by molar-refractivity contribution is 5.92. The molecule has 28 heavy (non-hydrogen) atoms. The summed E-state index contributed by atoms with van der Waals surface area (Å²) in [5, 5.41) is 22.8. The molecule has 0 aromatic heterocycles. The van der Waals surface area contributed by atoms with Crippen LogP contribution in [0.4, 0.5) is 0 Å². The third-order valence-electron chi connectivity index (χ3n) is 8.56. The molecule has 156 valence electrons. The summed E-state index contributed by atoms with van der Waals surface area (Å²) in [4.78, 5) is 23.7. The van der Waals surface area contributed by atoms with Crippen LogP contribution in [0.2, 0.25) is 0 Å². The molecule has 2 N–H and O–H groups in total. The van der Waals surface area contributed by atoms with E-state index in [-0.39, 0.29) is 40.7 Å². The van der Waals surface area contributed by atoms with E-state index in [4.69, 9.17) is 9.47 Å². The van der Waals surface area contributed by atoms with Crippen LogP contribution in [0.25, 0.3) is 0 Å². The summed E-state index contributed by atoms with van der Waals surface area (Å²) in [7, 11) is 0. The number of carbonyl (C=O) groups is 2. The zero-order valence-corrected chi connectivity index (χ0v) is 17.4. The van der Waals surface area contributed by atoms with Gasteiger partial charge < -0.3 is 19.7 Å². The van der Waals surface area contributed by atoms with Crippen molar-refractivity contribution in [1.82, 2.24) is 0 Å². The molecule has 0 bridgehead atoms. The van der Waals surface area contributed by atoms with E-state index in [0.29, 0.717) is 24.0 Å². The fourth-order valence-corrected chi connectivity index (χ4v) is 7.19. The first kappa shape index (κ1) is 19.9. The molecule has 4 aliphatic rings. The molecular formula is C22H32O6. The Kier molecular flexibility index (Phi) is 4.30. The lowest BCUT2D eigenvalue weighted by molar-refractivity contribution is -0.243. The number of rotatable bonds is 1. The first-order valence-electron chi connectivity index (χ1n) is 10.4. The minimum absolute atomic E-state index is 0.148. The molecule has 1 heterocycles. The number of hydrogen-bond donors (Lipinski definition) is 2. The standard InChI is InChI=1S/C22H32O6/c1-11-17-13(28-19(11)25)10-15-21(5)8-7-16(27-12(2)23)20(3,4)14(21)6-9-22(15,26)18(17)24/h13-16,18,24,26H,6-10H2,1-5H3. The zero-order chi connectivity index (χ0) is 20.6. The van der Waals surface area contributed by atoms with Crippen LogP contribution in [0, 0.1) is 22.7 Å². The number of fused-ring (bicyclic) bond motifs is 4. The highest BCUT2D eigenvalue weighted by Crippen LogP contribution is 2.66. The molecule has 4 rings (SSSR count). The predicted molar refractivity (Wildman–Crippen MR) is 101 cm³/mol. The average molecular weight is 392 g/mol. The number of ether oxygens (including phenoxy) is 2. The number of aliphatic hydroxyl groups excluding tert-OH is 1. The van der Waals surface area contributed by atoms with E-state index < -0.39 is 17.8 Å². The lowest BCUT2D eigenvalue weighted by atomic mass is 9.42. The Hall–Kier alpha value is -1.40. The Morgan fingerprint density at radius 2 is 1.86 bits per heavy atom. The van der Waals surface area contributed by atoms with Crippen LogP contribution in [-0.2, 0) is 19.1 Å². The maximum absolute atomic E-state index is 12.1. The monoisotopic (exact) mass is 392 g/mol. The Morgan fingerprint density at radius 3 is 2.50 bits per heavy atom. The SMILES string of the molecule is CC(=O)OC1CCC2(C)C(CCC3(O)C(O)C4=C(C)C(=O)OC4CC23)C1(C)C. The van der Waals surface area contributed by atoms with Gasteiger partial charge in [-0.3, -0.25) is 4.79 Å². The van der Waals surface area contributed by atoms with Gasteiger partial charge in [0, 0.05) is 29.4 Å². The third kappa shape index (κ3) is 2.46. The second-order valence-electron chi connectivity index (χ2n) is 10.2. The van der Waals surface area contributed by atoms with Crippen LogP contribution >= 0.6 is 0 Å². The number of hydrogen-bond acceptors (Lipinski definition) is 6. The van der Waals surface area contributed by atoms with E-state index in [1.165, 1.54) is 6.92 Å². The molecule has 1 aliphatic heterocycles. The molecule has 3 aliphatic carbocycles. The molecule has 7 atom stereocenters. The maximum Gasteiger partial charge on any atom is 0.334 e. The zero-order valence-electron chi connectivity index (χ0n) is 17.4. The largest absolute Gasteiger partial charge is 0.462 e. The minimum Gasteiger partial charge on any atom is -0.462 e. The molecule has 3 saturated carbocycles. The van der Waals surface area contributed by atoms with Crippen molar-refractivity contribution in [3.63, 3.8) is 0 Å². The summed E-state index contributed by atoms with van der Waals surface area (Å²) in [6.07, 6.45) is 1.61. The van der Waals surface area contributed by atoms with Crippen molar-refractivity contribution in [3.8, 4) is 0 Å². The third-order valence-corrected chi connectivity index (χ3v) is 8.56. The van der Waals surface area contributed by atoms with Gasteiger partial charge in [0.25, 0.3) is 0 Å². The molecule has 6 nitrogen and oxygen atoms in total. The molecule has 6 heteroatoms. The Balaban J connectivity index is 1.71. The van der Waals surface area contributed by atoms with Crippen LogP contribution < -0.4 is 0 Å². The molecule has 7 unspecified atom stereocenters. The topological polar surface area (TPSA) is 93.1 Å². The van der Waals surface area contributed by atoms with Gasteiger partial charge in [-0.25, -0.2) is 4.79 Å². The van der Waals surface area contributed by atoms with Crippen molar-refractivity contribution in [1.29, 1.82) is 0 Å². The quantitative estimate of drug-likeness (QED) is 0.666. The molecule has 0 saturated heterocycles. The van der Waals surface area contributed by atoms with Crippen molar-refractivity contribution in [2.24, 2.45) is 22.7 Å². The van der Waals surface area contributed by atoms with Gasteiger partial charge in [0.15, 0.2) is 0 Å². The smallest absolute Gasteiger partial charge is 0.334 e. The highest BCUT2D eigenvalue weighted by Gasteiger charge is 2.67. The summed E-state index contributed by atoms with van der Waals surface area (Å²) in [6.45, 7) is 9.62. The minimum atomic E-state index is -1.25. The lowest BCUT2D eigenvalue weighted by Crippen LogP contribution is -2.67. The normalized spacial score (nSPS) is 47.0. The van der Waals surface area contributed by atoms with E-state index in [1.807, 2.05) is 0 Å². The Morgan fingerprint density at radius 1 is 1.18 bits per heavy atom. The predicted octanol–water partition coefficient (Wildman–Crippen LogP) is 2.51. The van der Waals surface area contributed by atoms with E-state index >= 15 is 0 Å². The van der Waals surface area contributed by atoms with Gasteiger partial charge in [0.05, 0.1) is 5.60 Å². The van der Waals surface area contributed by atoms with Crippen LogP contribution in [-0.4, -0.2) is 46.1 Å². The summed E-state index contributed by atoms with van der Waals surface area (Å²) in [5.74, 6) is -0.592. The van der Waals surface area contributed by atoms with Gasteiger partial charge in [-0.2, -0.15) is 0 Å². The summed E-state index contributed by atoms with van der Waals surface area (Å²) >= 11 is 0. The summed E-state index contributed by atoms with van der Waals surface area (Å²) in [5.41, 5.74) is -0.711. The Bertz CT molecular complexity index is 754. The van der Waals surface area contributed by atoms with Gasteiger partial charge in [-0.1, -0.05) is 20.8 Å². The van der Waals surface area contributed by atoms with Crippen LogP contribution in [0.15, 0.2) is 11.1 Å². The maximum atomic E-state index is 12.1. The first-order valence-corrected chi connectivity index (χ1v) is 10.4. The highest BCUT2D eigenvalue weighted by atomic mass is 16.6. The summed E-state index contributed by atoms with van der Waals surface area (Å²) < 4.78 is 11.2. The van der Waals surface area contributed by atoms with Crippen molar-refractivity contribution >= 4 is 11.9 Å². The number of esters is 2. The second-order valence-corrected chi connectivity index (χ2v) is 10.2. The van der Waals surface area contributed by atoms with E-state index in [1.54, 1.807) is 6.92 Å². The molecule has 0 aromatic carbocycles. The number of aliphatic hydroxyl groups is 2. The van der Waals surface area contributed by atoms with Gasteiger partial charge in [0.1, 0.15) is 18.3 Å². The van der Waals surface area contributed by atoms with E-state index in [2.05, 4.69) is 20.8 Å². The van der Waals surface area contributed by atoms with Crippen molar-refractivity contribution in [3.05, 3.63) is 11.1 Å². The first-order chi connectivity index (χ1) is 12.9. The van der Waals surface area contributed by atoms with E-state index in [0.717, 1.165) is 19.3 Å². The fraction of sp³-hybridized carbons (Fsp3) is 0.818. The molecule has 0 spiro atoms. The molecule has 3 fully saturated rings. The second kappa shape index (κ2) is 6.05. The average Bonchev–Trinajstić information content (AvgIpc) is 2.87. The van der Waals surface area contributed by atoms with Gasteiger partial charge >= 0.3 is 11.9 Å². The van der Waals surface area contributed by atoms with Gasteiger partial charge in [-0.05, 0) is 50.4 Å². The van der Waals surface area contributed by atoms with Crippen LogP contribution in [0.3, 0.4) is 0 Å². The lowest BCUT2D eigenvalue weighted by Gasteiger charge is -2.65.